The second kappa shape index (κ2) is 5.95. The van der Waals surface area contributed by atoms with Crippen molar-refractivity contribution in [1.29, 1.82) is 0 Å². The molecule has 18 heavy (non-hydrogen) atoms. The average molecular weight is 249 g/mol. The Morgan fingerprint density at radius 2 is 1.72 bits per heavy atom. The quantitative estimate of drug-likeness (QED) is 0.817. The Kier molecular flexibility index (Phi) is 4.06. The van der Waals surface area contributed by atoms with Crippen LogP contribution in [0.25, 0.3) is 0 Å². The lowest BCUT2D eigenvalue weighted by molar-refractivity contribution is 0.102. The summed E-state index contributed by atoms with van der Waals surface area (Å²) in [7, 11) is 0. The van der Waals surface area contributed by atoms with Gasteiger partial charge in [0.1, 0.15) is 0 Å². The van der Waals surface area contributed by atoms with Crippen molar-refractivity contribution in [2.45, 2.75) is 20.0 Å². The number of nitrogens with zero attached hydrogens (tertiary/aromatic N) is 1. The van der Waals surface area contributed by atoms with E-state index in [9.17, 15) is 4.79 Å². The van der Waals surface area contributed by atoms with Gasteiger partial charge in [0.25, 0.3) is 0 Å². The van der Waals surface area contributed by atoms with E-state index in [-0.39, 0.29) is 6.09 Å². The molecule has 0 atom stereocenters. The highest BCUT2D eigenvalue weighted by Crippen LogP contribution is 2.12. The summed E-state index contributed by atoms with van der Waals surface area (Å²) in [5.41, 5.74) is 1.85. The molecule has 2 rings (SSSR count). The first-order chi connectivity index (χ1) is 8.79. The Hall–Kier alpha value is -2.17. The van der Waals surface area contributed by atoms with Gasteiger partial charge >= 0.3 is 6.09 Å². The van der Waals surface area contributed by atoms with Crippen LogP contribution in [0.15, 0.2) is 46.0 Å². The van der Waals surface area contributed by atoms with Gasteiger partial charge < -0.3 is 13.6 Å². The zero-order valence-corrected chi connectivity index (χ0v) is 10.2. The molecule has 0 aliphatic heterocycles. The minimum atomic E-state index is -0.347. The Morgan fingerprint density at radius 3 is 2.11 bits per heavy atom. The molecule has 0 bridgehead atoms. The van der Waals surface area contributed by atoms with E-state index in [0.29, 0.717) is 19.7 Å². The number of amides is 1. The van der Waals surface area contributed by atoms with Crippen LogP contribution < -0.4 is 0 Å². The van der Waals surface area contributed by atoms with Gasteiger partial charge in [-0.05, 0) is 19.1 Å². The predicted molar refractivity (Wildman–Crippen MR) is 63.7 cm³/mol. The second-order valence-corrected chi connectivity index (χ2v) is 3.82. The van der Waals surface area contributed by atoms with E-state index in [2.05, 4.69) is 0 Å². The summed E-state index contributed by atoms with van der Waals surface area (Å²) in [6.07, 6.45) is 6.04. The van der Waals surface area contributed by atoms with Gasteiger partial charge in [0.05, 0.1) is 44.7 Å². The molecule has 0 fully saturated rings. The molecule has 0 aliphatic carbocycles. The maximum absolute atomic E-state index is 11.8. The smallest absolute Gasteiger partial charge is 0.410 e. The van der Waals surface area contributed by atoms with E-state index in [1.807, 2.05) is 12.1 Å². The number of carbonyl (C=O) groups excluding carboxylic acids is 1. The molecule has 1 amide bonds. The summed E-state index contributed by atoms with van der Waals surface area (Å²) in [6.45, 7) is 3.03. The fourth-order valence-electron chi connectivity index (χ4n) is 1.61. The molecular formula is C13H15NO4. The third-order valence-electron chi connectivity index (χ3n) is 2.43. The summed E-state index contributed by atoms with van der Waals surface area (Å²) in [5.74, 6) is 0. The van der Waals surface area contributed by atoms with Gasteiger partial charge in [0, 0.05) is 11.1 Å². The summed E-state index contributed by atoms with van der Waals surface area (Å²) >= 11 is 0. The largest absolute Gasteiger partial charge is 0.472 e. The maximum Gasteiger partial charge on any atom is 0.410 e. The van der Waals surface area contributed by atoms with Crippen molar-refractivity contribution in [3.8, 4) is 0 Å². The first-order valence-electron chi connectivity index (χ1n) is 5.73. The molecule has 0 saturated heterocycles. The maximum atomic E-state index is 11.8. The molecule has 2 aromatic rings. The molecule has 0 radical (unpaired) electrons. The monoisotopic (exact) mass is 249 g/mol. The average Bonchev–Trinajstić information content (AvgIpc) is 3.01. The molecule has 2 heterocycles. The van der Waals surface area contributed by atoms with Crippen LogP contribution in [0.4, 0.5) is 4.79 Å². The highest BCUT2D eigenvalue weighted by molar-refractivity contribution is 5.67. The number of carbonyl (C=O) groups is 1. The van der Waals surface area contributed by atoms with Gasteiger partial charge in [0.15, 0.2) is 0 Å². The Labute approximate surface area is 105 Å². The summed E-state index contributed by atoms with van der Waals surface area (Å²) < 4.78 is 15.0. The van der Waals surface area contributed by atoms with Crippen molar-refractivity contribution in [1.82, 2.24) is 4.90 Å². The number of hydrogen-bond donors (Lipinski definition) is 0. The molecule has 5 heteroatoms. The van der Waals surface area contributed by atoms with Gasteiger partial charge in [0.2, 0.25) is 0 Å². The first-order valence-corrected chi connectivity index (χ1v) is 5.73. The lowest BCUT2D eigenvalue weighted by atomic mass is 10.2. The van der Waals surface area contributed by atoms with E-state index >= 15 is 0 Å². The van der Waals surface area contributed by atoms with Crippen LogP contribution in [0, 0.1) is 0 Å². The van der Waals surface area contributed by atoms with Gasteiger partial charge in [-0.3, -0.25) is 4.90 Å². The van der Waals surface area contributed by atoms with Crippen LogP contribution in [-0.2, 0) is 17.8 Å². The highest BCUT2D eigenvalue weighted by atomic mass is 16.6. The highest BCUT2D eigenvalue weighted by Gasteiger charge is 2.16. The zero-order valence-electron chi connectivity index (χ0n) is 10.2. The molecule has 2 aromatic heterocycles. The van der Waals surface area contributed by atoms with Crippen LogP contribution >= 0.6 is 0 Å². The molecule has 0 spiro atoms. The molecule has 0 aliphatic rings. The van der Waals surface area contributed by atoms with E-state index in [4.69, 9.17) is 13.6 Å². The number of hydrogen-bond acceptors (Lipinski definition) is 4. The Morgan fingerprint density at radius 1 is 1.17 bits per heavy atom. The minimum absolute atomic E-state index is 0.347. The third kappa shape index (κ3) is 3.16. The van der Waals surface area contributed by atoms with Gasteiger partial charge in [-0.25, -0.2) is 4.79 Å². The number of ether oxygens (including phenoxy) is 1. The predicted octanol–water partition coefficient (Wildman–Crippen LogP) is 3.03. The Balaban J connectivity index is 2.04. The second-order valence-electron chi connectivity index (χ2n) is 3.82. The molecule has 0 unspecified atom stereocenters. The van der Waals surface area contributed by atoms with E-state index in [1.165, 1.54) is 0 Å². The SMILES string of the molecule is CCOC(=O)N(Cc1ccoc1)Cc1ccoc1. The van der Waals surface area contributed by atoms with Crippen molar-refractivity contribution in [3.63, 3.8) is 0 Å². The summed E-state index contributed by atoms with van der Waals surface area (Å²) in [6, 6.07) is 3.64. The van der Waals surface area contributed by atoms with Crippen LogP contribution in [0.2, 0.25) is 0 Å². The van der Waals surface area contributed by atoms with E-state index < -0.39 is 0 Å². The van der Waals surface area contributed by atoms with Crippen LogP contribution in [0.3, 0.4) is 0 Å². The summed E-state index contributed by atoms with van der Waals surface area (Å²) in [5, 5.41) is 0. The van der Waals surface area contributed by atoms with Crippen molar-refractivity contribution < 1.29 is 18.4 Å². The van der Waals surface area contributed by atoms with Crippen LogP contribution in [0.1, 0.15) is 18.1 Å². The van der Waals surface area contributed by atoms with Gasteiger partial charge in [-0.15, -0.1) is 0 Å². The standard InChI is InChI=1S/C13H15NO4/c1-2-18-13(15)14(7-11-3-5-16-9-11)8-12-4-6-17-10-12/h3-6,9-10H,2,7-8H2,1H3. The fourth-order valence-corrected chi connectivity index (χ4v) is 1.61. The normalized spacial score (nSPS) is 10.3. The zero-order chi connectivity index (χ0) is 12.8. The molecule has 96 valence electrons. The van der Waals surface area contributed by atoms with Crippen molar-refractivity contribution in [2.24, 2.45) is 0 Å². The fraction of sp³-hybridized carbons (Fsp3) is 0.308. The molecular weight excluding hydrogens is 234 g/mol. The lowest BCUT2D eigenvalue weighted by Crippen LogP contribution is -2.30. The van der Waals surface area contributed by atoms with Crippen LogP contribution in [-0.4, -0.2) is 17.6 Å². The van der Waals surface area contributed by atoms with E-state index in [1.54, 1.807) is 36.9 Å². The van der Waals surface area contributed by atoms with Crippen molar-refractivity contribution in [3.05, 3.63) is 48.3 Å². The van der Waals surface area contributed by atoms with E-state index in [0.717, 1.165) is 11.1 Å². The van der Waals surface area contributed by atoms with Crippen LogP contribution in [0.5, 0.6) is 0 Å². The molecule has 0 saturated carbocycles. The van der Waals surface area contributed by atoms with Crippen molar-refractivity contribution >= 4 is 6.09 Å². The topological polar surface area (TPSA) is 55.8 Å². The number of furan rings is 2. The van der Waals surface area contributed by atoms with Gasteiger partial charge in [-0.2, -0.15) is 0 Å². The summed E-state index contributed by atoms with van der Waals surface area (Å²) in [4.78, 5) is 13.4. The molecule has 0 aromatic carbocycles. The minimum Gasteiger partial charge on any atom is -0.472 e. The number of rotatable bonds is 5. The van der Waals surface area contributed by atoms with Crippen molar-refractivity contribution in [2.75, 3.05) is 6.61 Å². The van der Waals surface area contributed by atoms with Gasteiger partial charge in [-0.1, -0.05) is 0 Å². The first kappa shape index (κ1) is 12.3. The molecule has 0 N–H and O–H groups in total. The lowest BCUT2D eigenvalue weighted by Gasteiger charge is -2.20. The Bertz CT molecular complexity index is 425. The molecule has 5 nitrogen and oxygen atoms in total. The third-order valence-corrected chi connectivity index (χ3v) is 2.43.